The van der Waals surface area contributed by atoms with Crippen LogP contribution in [0.15, 0.2) is 28.8 Å². The first kappa shape index (κ1) is 16.7. The first-order valence-corrected chi connectivity index (χ1v) is 8.86. The standard InChI is InChI=1S/C19H25N3O2/c1-3-7-16-20-18(24-22-16)11-6-10-17(23)21-19-13(2)12-14-8-4-5-9-15(14)19/h4-5,8-9,13,19H,3,6-7,10-12H2,1-2H3,(H,21,23). The Morgan fingerprint density at radius 1 is 1.33 bits per heavy atom. The van der Waals surface area contributed by atoms with Crippen LogP contribution in [0.25, 0.3) is 0 Å². The van der Waals surface area contributed by atoms with Gasteiger partial charge in [-0.1, -0.05) is 43.3 Å². The van der Waals surface area contributed by atoms with E-state index in [1.165, 1.54) is 11.1 Å². The van der Waals surface area contributed by atoms with Crippen molar-refractivity contribution in [3.8, 4) is 0 Å². The van der Waals surface area contributed by atoms with Gasteiger partial charge in [-0.25, -0.2) is 0 Å². The summed E-state index contributed by atoms with van der Waals surface area (Å²) in [6, 6.07) is 8.51. The second kappa shape index (κ2) is 7.60. The maximum Gasteiger partial charge on any atom is 0.226 e. The maximum atomic E-state index is 12.3. The van der Waals surface area contributed by atoms with Crippen molar-refractivity contribution in [3.63, 3.8) is 0 Å². The summed E-state index contributed by atoms with van der Waals surface area (Å²) < 4.78 is 5.20. The summed E-state index contributed by atoms with van der Waals surface area (Å²) >= 11 is 0. The van der Waals surface area contributed by atoms with Crippen LogP contribution in [0, 0.1) is 5.92 Å². The van der Waals surface area contributed by atoms with Crippen molar-refractivity contribution in [2.45, 2.75) is 58.4 Å². The van der Waals surface area contributed by atoms with Crippen LogP contribution in [0.4, 0.5) is 0 Å². The van der Waals surface area contributed by atoms with E-state index in [-0.39, 0.29) is 11.9 Å². The van der Waals surface area contributed by atoms with Crippen molar-refractivity contribution in [1.29, 1.82) is 0 Å². The lowest BCUT2D eigenvalue weighted by Crippen LogP contribution is -2.30. The number of nitrogens with zero attached hydrogens (tertiary/aromatic N) is 2. The Hall–Kier alpha value is -2.17. The van der Waals surface area contributed by atoms with Crippen LogP contribution >= 0.6 is 0 Å². The van der Waals surface area contributed by atoms with Crippen molar-refractivity contribution < 1.29 is 9.32 Å². The fourth-order valence-electron chi connectivity index (χ4n) is 3.38. The molecule has 1 aliphatic carbocycles. The smallest absolute Gasteiger partial charge is 0.226 e. The molecule has 128 valence electrons. The van der Waals surface area contributed by atoms with Crippen molar-refractivity contribution in [2.24, 2.45) is 5.92 Å². The van der Waals surface area contributed by atoms with E-state index < -0.39 is 0 Å². The van der Waals surface area contributed by atoms with Gasteiger partial charge in [0.1, 0.15) is 0 Å². The molecule has 2 unspecified atom stereocenters. The molecule has 0 saturated heterocycles. The molecule has 1 amide bonds. The van der Waals surface area contributed by atoms with Gasteiger partial charge in [-0.2, -0.15) is 4.98 Å². The summed E-state index contributed by atoms with van der Waals surface area (Å²) in [4.78, 5) is 16.6. The molecule has 5 heteroatoms. The number of amides is 1. The average molecular weight is 327 g/mol. The quantitative estimate of drug-likeness (QED) is 0.846. The van der Waals surface area contributed by atoms with Crippen LogP contribution in [0.2, 0.25) is 0 Å². The van der Waals surface area contributed by atoms with Gasteiger partial charge in [0, 0.05) is 19.3 Å². The monoisotopic (exact) mass is 327 g/mol. The van der Waals surface area contributed by atoms with Crippen LogP contribution in [-0.2, 0) is 24.1 Å². The molecule has 5 nitrogen and oxygen atoms in total. The molecule has 0 spiro atoms. The Labute approximate surface area is 142 Å². The Morgan fingerprint density at radius 3 is 3.00 bits per heavy atom. The highest BCUT2D eigenvalue weighted by Crippen LogP contribution is 2.35. The van der Waals surface area contributed by atoms with Gasteiger partial charge < -0.3 is 9.84 Å². The van der Waals surface area contributed by atoms with Crippen molar-refractivity contribution in [1.82, 2.24) is 15.5 Å². The molecule has 2 atom stereocenters. The Kier molecular flexibility index (Phi) is 5.28. The predicted molar refractivity (Wildman–Crippen MR) is 91.4 cm³/mol. The zero-order valence-electron chi connectivity index (χ0n) is 14.4. The highest BCUT2D eigenvalue weighted by atomic mass is 16.5. The molecule has 0 bridgehead atoms. The van der Waals surface area contributed by atoms with E-state index in [1.54, 1.807) is 0 Å². The minimum absolute atomic E-state index is 0.0943. The second-order valence-electron chi connectivity index (χ2n) is 6.63. The third kappa shape index (κ3) is 3.83. The zero-order chi connectivity index (χ0) is 16.9. The number of carbonyl (C=O) groups excluding carboxylic acids is 1. The molecule has 0 aliphatic heterocycles. The summed E-state index contributed by atoms with van der Waals surface area (Å²) in [5.41, 5.74) is 2.61. The molecular weight excluding hydrogens is 302 g/mol. The number of fused-ring (bicyclic) bond motifs is 1. The third-order valence-electron chi connectivity index (χ3n) is 4.60. The van der Waals surface area contributed by atoms with Gasteiger partial charge in [0.25, 0.3) is 0 Å². The molecule has 1 heterocycles. The van der Waals surface area contributed by atoms with Crippen molar-refractivity contribution in [3.05, 3.63) is 47.1 Å². The lowest BCUT2D eigenvalue weighted by Gasteiger charge is -2.18. The van der Waals surface area contributed by atoms with Gasteiger partial charge in [-0.3, -0.25) is 4.79 Å². The van der Waals surface area contributed by atoms with Crippen LogP contribution in [0.3, 0.4) is 0 Å². The fourth-order valence-corrected chi connectivity index (χ4v) is 3.38. The van der Waals surface area contributed by atoms with Gasteiger partial charge in [0.2, 0.25) is 11.8 Å². The number of hydrogen-bond acceptors (Lipinski definition) is 4. The molecule has 0 fully saturated rings. The summed E-state index contributed by atoms with van der Waals surface area (Å²) in [6.07, 6.45) is 4.73. The average Bonchev–Trinajstić information content (AvgIpc) is 3.13. The first-order valence-electron chi connectivity index (χ1n) is 8.86. The highest BCUT2D eigenvalue weighted by Gasteiger charge is 2.29. The summed E-state index contributed by atoms with van der Waals surface area (Å²) in [7, 11) is 0. The summed E-state index contributed by atoms with van der Waals surface area (Å²) in [5, 5.41) is 7.13. The number of rotatable bonds is 7. The molecular formula is C19H25N3O2. The molecule has 2 aromatic rings. The van der Waals surface area contributed by atoms with Crippen molar-refractivity contribution in [2.75, 3.05) is 0 Å². The summed E-state index contributed by atoms with van der Waals surface area (Å²) in [6.45, 7) is 4.28. The molecule has 1 N–H and O–H groups in total. The largest absolute Gasteiger partial charge is 0.349 e. The van der Waals surface area contributed by atoms with E-state index >= 15 is 0 Å². The SMILES string of the molecule is CCCc1noc(CCCC(=O)NC2c3ccccc3CC2C)n1. The number of carbonyl (C=O) groups is 1. The van der Waals surface area contributed by atoms with Crippen LogP contribution in [0.1, 0.15) is 62.0 Å². The van der Waals surface area contributed by atoms with Gasteiger partial charge in [0.15, 0.2) is 5.82 Å². The third-order valence-corrected chi connectivity index (χ3v) is 4.60. The van der Waals surface area contributed by atoms with Crippen LogP contribution in [-0.4, -0.2) is 16.0 Å². The molecule has 3 rings (SSSR count). The molecule has 0 radical (unpaired) electrons. The molecule has 24 heavy (non-hydrogen) atoms. The highest BCUT2D eigenvalue weighted by molar-refractivity contribution is 5.76. The maximum absolute atomic E-state index is 12.3. The molecule has 1 aliphatic rings. The Morgan fingerprint density at radius 2 is 2.17 bits per heavy atom. The lowest BCUT2D eigenvalue weighted by molar-refractivity contribution is -0.122. The van der Waals surface area contributed by atoms with E-state index in [2.05, 4.69) is 47.5 Å². The lowest BCUT2D eigenvalue weighted by atomic mass is 10.0. The Balaban J connectivity index is 1.47. The van der Waals surface area contributed by atoms with Crippen molar-refractivity contribution >= 4 is 5.91 Å². The molecule has 0 saturated carbocycles. The normalized spacial score (nSPS) is 19.2. The second-order valence-corrected chi connectivity index (χ2v) is 6.63. The summed E-state index contributed by atoms with van der Waals surface area (Å²) in [5.74, 6) is 1.93. The predicted octanol–water partition coefficient (Wildman–Crippen LogP) is 3.39. The van der Waals surface area contributed by atoms with E-state index in [9.17, 15) is 4.79 Å². The number of hydrogen-bond donors (Lipinski definition) is 1. The van der Waals surface area contributed by atoms with Gasteiger partial charge in [0.05, 0.1) is 6.04 Å². The van der Waals surface area contributed by atoms with Gasteiger partial charge in [-0.15, -0.1) is 0 Å². The molecule has 1 aromatic heterocycles. The van der Waals surface area contributed by atoms with E-state index in [4.69, 9.17) is 4.52 Å². The number of aryl methyl sites for hydroxylation is 2. The minimum atomic E-state index is 0.0943. The topological polar surface area (TPSA) is 68.0 Å². The van der Waals surface area contributed by atoms with E-state index in [0.717, 1.165) is 31.5 Å². The first-order chi connectivity index (χ1) is 11.7. The zero-order valence-corrected chi connectivity index (χ0v) is 14.4. The van der Waals surface area contributed by atoms with Crippen LogP contribution < -0.4 is 5.32 Å². The number of benzene rings is 1. The van der Waals surface area contributed by atoms with Gasteiger partial charge >= 0.3 is 0 Å². The van der Waals surface area contributed by atoms with Gasteiger partial charge in [-0.05, 0) is 36.3 Å². The molecule has 1 aromatic carbocycles. The van der Waals surface area contributed by atoms with Crippen LogP contribution in [0.5, 0.6) is 0 Å². The minimum Gasteiger partial charge on any atom is -0.349 e. The Bertz CT molecular complexity index is 695. The fraction of sp³-hybridized carbons (Fsp3) is 0.526. The van der Waals surface area contributed by atoms with E-state index in [1.807, 2.05) is 6.07 Å². The number of aromatic nitrogens is 2. The number of nitrogens with one attached hydrogen (secondary N) is 1. The van der Waals surface area contributed by atoms with E-state index in [0.29, 0.717) is 24.7 Å².